The maximum atomic E-state index is 12.7. The highest BCUT2D eigenvalue weighted by atomic mass is 16.5. The Hall–Kier alpha value is -3.52. The molecule has 4 heterocycles. The first-order chi connectivity index (χ1) is 15.8. The molecule has 6 rings (SSSR count). The van der Waals surface area contributed by atoms with Gasteiger partial charge in [-0.25, -0.2) is 0 Å². The molecule has 162 valence electrons. The van der Waals surface area contributed by atoms with Crippen LogP contribution >= 0.6 is 0 Å². The number of nitrogens with zero attached hydrogens (tertiary/aromatic N) is 5. The summed E-state index contributed by atoms with van der Waals surface area (Å²) in [7, 11) is 0. The number of hydrogen-bond donors (Lipinski definition) is 0. The Bertz CT molecular complexity index is 1250. The van der Waals surface area contributed by atoms with Gasteiger partial charge in [0, 0.05) is 35.5 Å². The lowest BCUT2D eigenvalue weighted by atomic mass is 9.96. The first-order valence-corrected chi connectivity index (χ1v) is 11.0. The van der Waals surface area contributed by atoms with Crippen molar-refractivity contribution in [3.8, 4) is 11.4 Å². The Labute approximate surface area is 184 Å². The molecule has 0 spiro atoms. The van der Waals surface area contributed by atoms with E-state index in [0.29, 0.717) is 38.0 Å². The molecule has 1 amide bonds. The van der Waals surface area contributed by atoms with Crippen molar-refractivity contribution in [2.75, 3.05) is 26.3 Å². The van der Waals surface area contributed by atoms with Gasteiger partial charge in [-0.15, -0.1) is 0 Å². The number of carbonyl (C=O) groups is 1. The van der Waals surface area contributed by atoms with Gasteiger partial charge < -0.3 is 14.2 Å². The van der Waals surface area contributed by atoms with E-state index in [1.165, 1.54) is 0 Å². The molecule has 0 saturated carbocycles. The van der Waals surface area contributed by atoms with Gasteiger partial charge in [-0.1, -0.05) is 35.5 Å². The van der Waals surface area contributed by atoms with Crippen LogP contribution in [-0.4, -0.2) is 57.0 Å². The fourth-order valence-corrected chi connectivity index (χ4v) is 4.44. The molecule has 2 aliphatic rings. The lowest BCUT2D eigenvalue weighted by Crippen LogP contribution is -2.37. The summed E-state index contributed by atoms with van der Waals surface area (Å²) >= 11 is 0. The molecule has 0 atom stereocenters. The predicted octanol–water partition coefficient (Wildman–Crippen LogP) is 3.68. The quantitative estimate of drug-likeness (QED) is 0.492. The number of carbonyl (C=O) groups excluding carboxylic acids is 1. The topological polar surface area (TPSA) is 86.3 Å². The van der Waals surface area contributed by atoms with Crippen LogP contribution in [0.15, 0.2) is 59.3 Å². The van der Waals surface area contributed by atoms with Crippen molar-refractivity contribution in [3.63, 3.8) is 0 Å². The summed E-state index contributed by atoms with van der Waals surface area (Å²) in [6.45, 7) is 2.76. The van der Waals surface area contributed by atoms with E-state index >= 15 is 0 Å². The van der Waals surface area contributed by atoms with Gasteiger partial charge in [0.25, 0.3) is 5.91 Å². The zero-order valence-corrected chi connectivity index (χ0v) is 17.6. The number of likely N-dealkylation sites (tertiary alicyclic amines) is 1. The summed E-state index contributed by atoms with van der Waals surface area (Å²) in [6.07, 6.45) is 3.50. The molecule has 4 aromatic rings. The molecular formula is C24H23N5O3. The second-order valence-electron chi connectivity index (χ2n) is 8.44. The first kappa shape index (κ1) is 19.2. The average Bonchev–Trinajstić information content (AvgIpc) is 3.46. The van der Waals surface area contributed by atoms with Crippen LogP contribution in [0.2, 0.25) is 0 Å². The van der Waals surface area contributed by atoms with Gasteiger partial charge >= 0.3 is 0 Å². The minimum Gasteiger partial charge on any atom is -0.377 e. The van der Waals surface area contributed by atoms with Gasteiger partial charge in [0.2, 0.25) is 11.7 Å². The lowest BCUT2D eigenvalue weighted by Gasteiger charge is -2.30. The smallest absolute Gasteiger partial charge is 0.253 e. The number of rotatable bonds is 4. The summed E-state index contributed by atoms with van der Waals surface area (Å²) in [5.74, 6) is 1.48. The van der Waals surface area contributed by atoms with Crippen LogP contribution in [0, 0.1) is 0 Å². The van der Waals surface area contributed by atoms with Crippen LogP contribution in [0.25, 0.3) is 22.3 Å². The van der Waals surface area contributed by atoms with E-state index in [2.05, 4.69) is 16.3 Å². The highest BCUT2D eigenvalue weighted by molar-refractivity contribution is 5.94. The highest BCUT2D eigenvalue weighted by Gasteiger charge is 2.28. The Balaban J connectivity index is 1.17. The maximum Gasteiger partial charge on any atom is 0.253 e. The standard InChI is InChI=1S/C24H23N5O3/c30-24(17-4-2-1-3-5-17)28-10-8-16(9-11-28)23-26-22(27-32-23)18-6-7-19-13-25-29(21(19)12-18)20-14-31-15-20/h1-7,12-13,16,20H,8-11,14-15H2. The van der Waals surface area contributed by atoms with Crippen molar-refractivity contribution in [1.29, 1.82) is 0 Å². The summed E-state index contributed by atoms with van der Waals surface area (Å²) in [5.41, 5.74) is 2.69. The van der Waals surface area contributed by atoms with E-state index in [0.717, 1.165) is 34.9 Å². The average molecular weight is 429 g/mol. The molecule has 0 bridgehead atoms. The third-order valence-electron chi connectivity index (χ3n) is 6.42. The molecule has 0 aliphatic carbocycles. The second kappa shape index (κ2) is 7.87. The van der Waals surface area contributed by atoms with Gasteiger partial charge in [0.15, 0.2) is 0 Å². The fraction of sp³-hybridized carbons (Fsp3) is 0.333. The molecule has 0 unspecified atom stereocenters. The number of ether oxygens (including phenoxy) is 1. The molecule has 2 fully saturated rings. The second-order valence-corrected chi connectivity index (χ2v) is 8.44. The predicted molar refractivity (Wildman–Crippen MR) is 117 cm³/mol. The molecule has 8 nitrogen and oxygen atoms in total. The molecular weight excluding hydrogens is 406 g/mol. The molecule has 2 aromatic heterocycles. The van der Waals surface area contributed by atoms with Crippen LogP contribution in [0.1, 0.15) is 41.1 Å². The molecule has 0 radical (unpaired) electrons. The summed E-state index contributed by atoms with van der Waals surface area (Å²) in [6, 6.07) is 15.8. The molecule has 2 saturated heterocycles. The van der Waals surface area contributed by atoms with Crippen molar-refractivity contribution in [1.82, 2.24) is 24.8 Å². The third kappa shape index (κ3) is 3.36. The van der Waals surface area contributed by atoms with Crippen molar-refractivity contribution in [2.45, 2.75) is 24.8 Å². The number of hydrogen-bond acceptors (Lipinski definition) is 6. The fourth-order valence-electron chi connectivity index (χ4n) is 4.44. The van der Waals surface area contributed by atoms with Crippen LogP contribution in [0.3, 0.4) is 0 Å². The van der Waals surface area contributed by atoms with Crippen LogP contribution in [0.5, 0.6) is 0 Å². The van der Waals surface area contributed by atoms with E-state index < -0.39 is 0 Å². The van der Waals surface area contributed by atoms with Crippen LogP contribution in [-0.2, 0) is 4.74 Å². The molecule has 2 aromatic carbocycles. The van der Waals surface area contributed by atoms with Crippen LogP contribution < -0.4 is 0 Å². The zero-order valence-electron chi connectivity index (χ0n) is 17.6. The minimum absolute atomic E-state index is 0.0806. The van der Waals surface area contributed by atoms with E-state index in [1.54, 1.807) is 0 Å². The normalized spacial score (nSPS) is 17.6. The van der Waals surface area contributed by atoms with Gasteiger partial charge in [0.1, 0.15) is 0 Å². The van der Waals surface area contributed by atoms with Crippen molar-refractivity contribution >= 4 is 16.8 Å². The van der Waals surface area contributed by atoms with Crippen molar-refractivity contribution in [3.05, 3.63) is 66.2 Å². The Morgan fingerprint density at radius 1 is 1.03 bits per heavy atom. The van der Waals surface area contributed by atoms with E-state index in [4.69, 9.17) is 14.2 Å². The number of fused-ring (bicyclic) bond motifs is 1. The summed E-state index contributed by atoms with van der Waals surface area (Å²) in [4.78, 5) is 19.3. The maximum absolute atomic E-state index is 12.7. The SMILES string of the molecule is O=C(c1ccccc1)N1CCC(c2nc(-c3ccc4cnn(C5COC5)c4c3)no2)CC1. The molecule has 32 heavy (non-hydrogen) atoms. The Kier molecular flexibility index (Phi) is 4.72. The van der Waals surface area contributed by atoms with Gasteiger partial charge in [-0.2, -0.15) is 10.1 Å². The number of amides is 1. The highest BCUT2D eigenvalue weighted by Crippen LogP contribution is 2.31. The zero-order chi connectivity index (χ0) is 21.5. The summed E-state index contributed by atoms with van der Waals surface area (Å²) in [5, 5.41) is 9.84. The Morgan fingerprint density at radius 3 is 2.59 bits per heavy atom. The number of benzene rings is 2. The largest absolute Gasteiger partial charge is 0.377 e. The summed E-state index contributed by atoms with van der Waals surface area (Å²) < 4.78 is 13.0. The van der Waals surface area contributed by atoms with Gasteiger partial charge in [-0.3, -0.25) is 9.48 Å². The van der Waals surface area contributed by atoms with Gasteiger partial charge in [-0.05, 0) is 31.0 Å². The number of aromatic nitrogens is 4. The van der Waals surface area contributed by atoms with Crippen LogP contribution in [0.4, 0.5) is 0 Å². The first-order valence-electron chi connectivity index (χ1n) is 11.0. The van der Waals surface area contributed by atoms with Gasteiger partial charge in [0.05, 0.1) is 31.0 Å². The number of piperidine rings is 1. The van der Waals surface area contributed by atoms with Crippen molar-refractivity contribution < 1.29 is 14.1 Å². The van der Waals surface area contributed by atoms with E-state index in [-0.39, 0.29) is 17.9 Å². The molecule has 0 N–H and O–H groups in total. The lowest BCUT2D eigenvalue weighted by molar-refractivity contribution is -0.0266. The van der Waals surface area contributed by atoms with Crippen molar-refractivity contribution in [2.24, 2.45) is 0 Å². The Morgan fingerprint density at radius 2 is 1.84 bits per heavy atom. The van der Waals surface area contributed by atoms with E-state index in [1.807, 2.05) is 58.2 Å². The minimum atomic E-state index is 0.0806. The third-order valence-corrected chi connectivity index (χ3v) is 6.42. The van der Waals surface area contributed by atoms with E-state index in [9.17, 15) is 4.79 Å². The monoisotopic (exact) mass is 429 g/mol. The molecule has 2 aliphatic heterocycles. The molecule has 8 heteroatoms.